The zero-order valence-corrected chi connectivity index (χ0v) is 17.6. The van der Waals surface area contributed by atoms with E-state index < -0.39 is 4.92 Å². The highest BCUT2D eigenvalue weighted by Crippen LogP contribution is 2.65. The van der Waals surface area contributed by atoms with Crippen LogP contribution in [0.3, 0.4) is 0 Å². The van der Waals surface area contributed by atoms with Crippen molar-refractivity contribution in [2.24, 2.45) is 40.6 Å². The van der Waals surface area contributed by atoms with Crippen LogP contribution in [-0.4, -0.2) is 28.0 Å². The van der Waals surface area contributed by atoms with Gasteiger partial charge < -0.3 is 4.42 Å². The fourth-order valence-electron chi connectivity index (χ4n) is 5.60. The summed E-state index contributed by atoms with van der Waals surface area (Å²) < 4.78 is 6.29. The minimum Gasteiger partial charge on any atom is -0.455 e. The summed E-state index contributed by atoms with van der Waals surface area (Å²) in [6.45, 7) is 0. The van der Waals surface area contributed by atoms with Crippen LogP contribution < -0.4 is 0 Å². The number of nitro benzene ring substituents is 1. The highest BCUT2D eigenvalue weighted by atomic mass is 79.9. The fourth-order valence-corrected chi connectivity index (χ4v) is 5.95. The van der Waals surface area contributed by atoms with Crippen molar-refractivity contribution in [1.82, 2.24) is 5.01 Å². The van der Waals surface area contributed by atoms with E-state index in [1.807, 2.05) is 0 Å². The van der Waals surface area contributed by atoms with E-state index in [-0.39, 0.29) is 41.2 Å². The van der Waals surface area contributed by atoms with E-state index in [2.05, 4.69) is 33.2 Å². The van der Waals surface area contributed by atoms with Gasteiger partial charge in [-0.3, -0.25) is 19.7 Å². The molecule has 6 atom stereocenters. The van der Waals surface area contributed by atoms with Crippen molar-refractivity contribution in [3.63, 3.8) is 0 Å². The summed E-state index contributed by atoms with van der Waals surface area (Å²) in [7, 11) is 0. The van der Waals surface area contributed by atoms with Gasteiger partial charge in [-0.1, -0.05) is 28.1 Å². The molecule has 156 valence electrons. The van der Waals surface area contributed by atoms with Gasteiger partial charge in [0.1, 0.15) is 11.5 Å². The highest BCUT2D eigenvalue weighted by Gasteiger charge is 2.67. The van der Waals surface area contributed by atoms with Crippen LogP contribution in [0.1, 0.15) is 12.2 Å². The average Bonchev–Trinajstić information content (AvgIpc) is 3.39. The van der Waals surface area contributed by atoms with Crippen LogP contribution in [0.2, 0.25) is 0 Å². The summed E-state index contributed by atoms with van der Waals surface area (Å²) >= 11 is 3.23. The van der Waals surface area contributed by atoms with Crippen LogP contribution in [0.4, 0.5) is 5.69 Å². The Kier molecular flexibility index (Phi) is 3.89. The Morgan fingerprint density at radius 3 is 2.42 bits per heavy atom. The lowest BCUT2D eigenvalue weighted by Gasteiger charge is -2.37. The Balaban J connectivity index is 1.26. The molecule has 1 aromatic carbocycles. The molecule has 9 heteroatoms. The number of carbonyl (C=O) groups is 2. The van der Waals surface area contributed by atoms with Crippen molar-refractivity contribution in [2.75, 3.05) is 0 Å². The molecule has 1 aromatic heterocycles. The molecule has 8 nitrogen and oxygen atoms in total. The smallest absolute Gasteiger partial charge is 0.281 e. The van der Waals surface area contributed by atoms with Gasteiger partial charge in [0.25, 0.3) is 17.5 Å². The first-order chi connectivity index (χ1) is 14.9. The first kappa shape index (κ1) is 18.7. The Morgan fingerprint density at radius 2 is 1.77 bits per heavy atom. The zero-order valence-electron chi connectivity index (χ0n) is 16.1. The minimum atomic E-state index is -0.480. The van der Waals surface area contributed by atoms with E-state index in [9.17, 15) is 19.7 Å². The lowest BCUT2D eigenvalue weighted by Crippen LogP contribution is -2.40. The van der Waals surface area contributed by atoms with E-state index in [0.717, 1.165) is 11.4 Å². The third kappa shape index (κ3) is 2.69. The molecule has 31 heavy (non-hydrogen) atoms. The standard InChI is InChI=1S/C22H16BrN3O5/c23-10-1-3-14(17(7-10)26(29)30)18-6-2-11(31-18)9-24-25-21(27)19-12-4-5-13(16-8-15(12)16)20(19)22(25)28/h1-7,9,12-13,15-16,19-20H,8H2/b24-9-/t12-,13-,15-,16+,19+,20+/m1/s1. The summed E-state index contributed by atoms with van der Waals surface area (Å²) in [6.07, 6.45) is 6.65. The number of hydrogen-bond donors (Lipinski definition) is 0. The second-order valence-electron chi connectivity index (χ2n) is 8.51. The van der Waals surface area contributed by atoms with Gasteiger partial charge in [0.05, 0.1) is 28.5 Å². The van der Waals surface area contributed by atoms with Gasteiger partial charge in [-0.05, 0) is 54.4 Å². The molecule has 0 spiro atoms. The maximum Gasteiger partial charge on any atom is 0.281 e. The third-order valence-corrected chi connectivity index (χ3v) is 7.48. The lowest BCUT2D eigenvalue weighted by molar-refractivity contribution is -0.384. The van der Waals surface area contributed by atoms with Crippen LogP contribution in [0.15, 0.2) is 56.5 Å². The fraction of sp³-hybridized carbons (Fsp3) is 0.318. The number of amides is 2. The summed E-state index contributed by atoms with van der Waals surface area (Å²) in [5.74, 6) is 0.856. The first-order valence-corrected chi connectivity index (χ1v) is 10.9. The van der Waals surface area contributed by atoms with Crippen LogP contribution in [0.25, 0.3) is 11.3 Å². The lowest BCUT2D eigenvalue weighted by atomic mass is 9.63. The normalized spacial score (nSPS) is 32.6. The number of carbonyl (C=O) groups excluding carboxylic acids is 2. The number of rotatable bonds is 4. The zero-order chi connectivity index (χ0) is 21.4. The Hall–Kier alpha value is -3.07. The molecular weight excluding hydrogens is 466 g/mol. The molecule has 3 fully saturated rings. The molecule has 2 heterocycles. The maximum atomic E-state index is 13.0. The van der Waals surface area contributed by atoms with E-state index in [0.29, 0.717) is 33.4 Å². The summed E-state index contributed by atoms with van der Waals surface area (Å²) in [5.41, 5.74) is 0.233. The van der Waals surface area contributed by atoms with Crippen LogP contribution >= 0.6 is 15.9 Å². The van der Waals surface area contributed by atoms with Crippen molar-refractivity contribution in [2.45, 2.75) is 6.42 Å². The monoisotopic (exact) mass is 481 g/mol. The summed E-state index contributed by atoms with van der Waals surface area (Å²) in [6, 6.07) is 7.89. The van der Waals surface area contributed by atoms with E-state index in [4.69, 9.17) is 4.42 Å². The highest BCUT2D eigenvalue weighted by molar-refractivity contribution is 9.10. The van der Waals surface area contributed by atoms with Crippen molar-refractivity contribution in [3.8, 4) is 11.3 Å². The Bertz CT molecular complexity index is 1180. The Morgan fingerprint density at radius 1 is 1.10 bits per heavy atom. The molecule has 1 aliphatic heterocycles. The van der Waals surface area contributed by atoms with Gasteiger partial charge in [0.15, 0.2) is 0 Å². The summed E-state index contributed by atoms with van der Waals surface area (Å²) in [4.78, 5) is 36.8. The van der Waals surface area contributed by atoms with Crippen LogP contribution in [0.5, 0.6) is 0 Å². The number of nitro groups is 1. The van der Waals surface area contributed by atoms with E-state index in [1.165, 1.54) is 12.3 Å². The van der Waals surface area contributed by atoms with Gasteiger partial charge in [-0.2, -0.15) is 10.1 Å². The van der Waals surface area contributed by atoms with Crippen LogP contribution in [0, 0.1) is 45.6 Å². The largest absolute Gasteiger partial charge is 0.455 e. The van der Waals surface area contributed by atoms with Gasteiger partial charge in [-0.15, -0.1) is 0 Å². The molecule has 2 amide bonds. The molecule has 2 aromatic rings. The average molecular weight is 482 g/mol. The first-order valence-electron chi connectivity index (χ1n) is 10.1. The van der Waals surface area contributed by atoms with Crippen LogP contribution in [-0.2, 0) is 9.59 Å². The van der Waals surface area contributed by atoms with Gasteiger partial charge in [0, 0.05) is 10.5 Å². The third-order valence-electron chi connectivity index (χ3n) is 6.99. The predicted octanol–water partition coefficient (Wildman–Crippen LogP) is 4.00. The molecule has 4 aliphatic carbocycles. The summed E-state index contributed by atoms with van der Waals surface area (Å²) in [5, 5.41) is 16.5. The van der Waals surface area contributed by atoms with Crippen molar-refractivity contribution < 1.29 is 18.9 Å². The van der Waals surface area contributed by atoms with Gasteiger partial charge in [0.2, 0.25) is 0 Å². The second-order valence-corrected chi connectivity index (χ2v) is 9.42. The molecular formula is C22H16BrN3O5. The molecule has 2 bridgehead atoms. The van der Waals surface area contributed by atoms with Crippen molar-refractivity contribution in [3.05, 3.63) is 62.8 Å². The number of allylic oxidation sites excluding steroid dienone is 2. The van der Waals surface area contributed by atoms with E-state index >= 15 is 0 Å². The molecule has 0 radical (unpaired) electrons. The maximum absolute atomic E-state index is 13.0. The number of furan rings is 1. The molecule has 7 rings (SSSR count). The van der Waals surface area contributed by atoms with Crippen molar-refractivity contribution in [1.29, 1.82) is 0 Å². The number of halogens is 1. The number of hydrazone groups is 1. The topological polar surface area (TPSA) is 106 Å². The SMILES string of the molecule is O=C1[C@H]2[C@@H]3C=C[C@H]([C@@H]4C[C@H]34)[C@@H]2C(=O)N1/N=C\c1ccc(-c2ccc(Br)cc2[N+](=O)[O-])o1. The quantitative estimate of drug-likeness (QED) is 0.215. The van der Waals surface area contributed by atoms with Gasteiger partial charge in [-0.25, -0.2) is 0 Å². The number of benzene rings is 1. The number of imide groups is 1. The molecule has 0 unspecified atom stereocenters. The van der Waals surface area contributed by atoms with E-state index in [1.54, 1.807) is 24.3 Å². The predicted molar refractivity (Wildman–Crippen MR) is 113 cm³/mol. The number of nitrogens with zero attached hydrogens (tertiary/aromatic N) is 3. The second kappa shape index (κ2) is 6.46. The minimum absolute atomic E-state index is 0.0947. The van der Waals surface area contributed by atoms with Crippen molar-refractivity contribution >= 4 is 39.6 Å². The molecule has 1 saturated heterocycles. The molecule has 0 N–H and O–H groups in total. The number of hydrogen-bond acceptors (Lipinski definition) is 6. The molecule has 5 aliphatic rings. The van der Waals surface area contributed by atoms with Gasteiger partial charge >= 0.3 is 0 Å². The Labute approximate surface area is 184 Å². The molecule has 2 saturated carbocycles.